The van der Waals surface area contributed by atoms with E-state index in [4.69, 9.17) is 19.6 Å². The summed E-state index contributed by atoms with van der Waals surface area (Å²) in [6, 6.07) is 18.6. The van der Waals surface area contributed by atoms with Gasteiger partial charge in [0.15, 0.2) is 0 Å². The van der Waals surface area contributed by atoms with Gasteiger partial charge in [0.05, 0.1) is 35.7 Å². The molecule has 0 radical (unpaired) electrons. The van der Waals surface area contributed by atoms with Crippen LogP contribution in [0.4, 0.5) is 30.7 Å². The molecule has 6 rings (SSSR count). The number of halogens is 3. The fourth-order valence-electron chi connectivity index (χ4n) is 4.67. The van der Waals surface area contributed by atoms with Gasteiger partial charge in [-0.15, -0.1) is 5.10 Å². The fraction of sp³-hybridized carbons (Fsp3) is 0.200. The number of anilines is 3. The van der Waals surface area contributed by atoms with E-state index in [0.29, 0.717) is 43.9 Å². The van der Waals surface area contributed by atoms with Gasteiger partial charge in [-0.2, -0.15) is 13.2 Å². The van der Waals surface area contributed by atoms with E-state index in [0.717, 1.165) is 17.2 Å². The lowest BCUT2D eigenvalue weighted by Gasteiger charge is -2.29. The summed E-state index contributed by atoms with van der Waals surface area (Å²) < 4.78 is 50.2. The monoisotopic (exact) mass is 617 g/mol. The number of hydrogen-bond acceptors (Lipinski definition) is 10. The summed E-state index contributed by atoms with van der Waals surface area (Å²) in [5, 5.41) is 25.5. The van der Waals surface area contributed by atoms with E-state index in [9.17, 15) is 18.0 Å². The molecule has 0 spiro atoms. The van der Waals surface area contributed by atoms with Crippen molar-refractivity contribution in [2.75, 3.05) is 42.3 Å². The number of rotatable bonds is 7. The number of carbonyl (C=O) groups excluding carboxylic acids is 1. The number of benzene rings is 2. The summed E-state index contributed by atoms with van der Waals surface area (Å²) in [7, 11) is 0. The largest absolute Gasteiger partial charge is 0.417 e. The van der Waals surface area contributed by atoms with E-state index in [1.165, 1.54) is 12.3 Å². The molecule has 4 N–H and O–H groups in total. The lowest BCUT2D eigenvalue weighted by Crippen LogP contribution is -2.40. The number of morpholine rings is 1. The second kappa shape index (κ2) is 12.6. The van der Waals surface area contributed by atoms with E-state index in [-0.39, 0.29) is 29.1 Å². The van der Waals surface area contributed by atoms with E-state index in [1.54, 1.807) is 11.0 Å². The van der Waals surface area contributed by atoms with E-state index < -0.39 is 23.8 Å². The van der Waals surface area contributed by atoms with Crippen molar-refractivity contribution in [3.05, 3.63) is 102 Å². The number of para-hydroxylation sites is 1. The van der Waals surface area contributed by atoms with Crippen LogP contribution in [-0.4, -0.2) is 70.0 Å². The number of hydrogen-bond donors (Lipinski definition) is 4. The number of fused-ring (bicyclic) bond motifs is 1. The van der Waals surface area contributed by atoms with Crippen molar-refractivity contribution in [2.24, 2.45) is 4.99 Å². The van der Waals surface area contributed by atoms with Gasteiger partial charge >= 0.3 is 12.2 Å². The highest BCUT2D eigenvalue weighted by Gasteiger charge is 2.31. The number of aliphatic imine (C=N–C) groups is 1. The molecule has 15 heteroatoms. The first-order valence-electron chi connectivity index (χ1n) is 13.8. The Morgan fingerprint density at radius 1 is 1.02 bits per heavy atom. The van der Waals surface area contributed by atoms with Crippen LogP contribution in [0.3, 0.4) is 0 Å². The summed E-state index contributed by atoms with van der Waals surface area (Å²) in [6.07, 6.45) is -3.62. The van der Waals surface area contributed by atoms with Gasteiger partial charge < -0.3 is 30.0 Å². The highest BCUT2D eigenvalue weighted by Crippen LogP contribution is 2.29. The molecule has 1 saturated heterocycles. The number of nitrogens with zero attached hydrogens (tertiary/aromatic N) is 5. The molecule has 0 bridgehead atoms. The molecule has 4 aromatic rings. The quantitative estimate of drug-likeness (QED) is 0.174. The van der Waals surface area contributed by atoms with Crippen LogP contribution in [0.15, 0.2) is 88.5 Å². The Morgan fingerprint density at radius 3 is 2.51 bits per heavy atom. The summed E-state index contributed by atoms with van der Waals surface area (Å²) in [6.45, 7) is 1.66. The SMILES string of the molecule is N=C(/C(=C\Nc1ccc(C(F)(F)F)cn1)c1nnc(N[C@H]2N=C(c3ccccc3)c3ccccc3NC2=O)o1)N1CCOCC1. The first-order valence-corrected chi connectivity index (χ1v) is 13.8. The second-order valence-electron chi connectivity index (χ2n) is 9.92. The topological polar surface area (TPSA) is 154 Å². The molecular weight excluding hydrogens is 591 g/mol. The molecule has 2 aromatic carbocycles. The predicted octanol–water partition coefficient (Wildman–Crippen LogP) is 4.47. The normalized spacial score (nSPS) is 17.1. The zero-order chi connectivity index (χ0) is 31.4. The minimum absolute atomic E-state index is 0.0138. The van der Waals surface area contributed by atoms with Gasteiger partial charge in [0.2, 0.25) is 6.17 Å². The zero-order valence-corrected chi connectivity index (χ0v) is 23.5. The second-order valence-corrected chi connectivity index (χ2v) is 9.92. The molecule has 1 amide bonds. The lowest BCUT2D eigenvalue weighted by atomic mass is 10.0. The third-order valence-electron chi connectivity index (χ3n) is 6.95. The molecule has 45 heavy (non-hydrogen) atoms. The maximum absolute atomic E-state index is 13.2. The molecule has 1 fully saturated rings. The first kappa shape index (κ1) is 29.5. The van der Waals surface area contributed by atoms with Gasteiger partial charge in [0.1, 0.15) is 11.7 Å². The van der Waals surface area contributed by atoms with Gasteiger partial charge in [-0.1, -0.05) is 53.6 Å². The summed E-state index contributed by atoms with van der Waals surface area (Å²) in [5.74, 6) is -0.427. The van der Waals surface area contributed by atoms with Gasteiger partial charge in [0.25, 0.3) is 11.8 Å². The molecule has 230 valence electrons. The Bertz CT molecular complexity index is 1750. The van der Waals surface area contributed by atoms with Crippen LogP contribution in [0.25, 0.3) is 5.57 Å². The van der Waals surface area contributed by atoms with Crippen LogP contribution in [0.1, 0.15) is 22.6 Å². The summed E-state index contributed by atoms with van der Waals surface area (Å²) >= 11 is 0. The van der Waals surface area contributed by atoms with Crippen molar-refractivity contribution in [3.63, 3.8) is 0 Å². The Kier molecular flexibility index (Phi) is 8.24. The highest BCUT2D eigenvalue weighted by molar-refractivity contribution is 6.20. The maximum Gasteiger partial charge on any atom is 0.417 e. The van der Waals surface area contributed by atoms with Crippen LogP contribution >= 0.6 is 0 Å². The highest BCUT2D eigenvalue weighted by atomic mass is 19.4. The number of benzodiazepines with no additional fused rings is 1. The molecule has 2 aliphatic rings. The zero-order valence-electron chi connectivity index (χ0n) is 23.5. The van der Waals surface area contributed by atoms with Gasteiger partial charge in [-0.25, -0.2) is 9.98 Å². The molecular formula is C30H26F3N9O3. The molecule has 0 aliphatic carbocycles. The van der Waals surface area contributed by atoms with E-state index in [2.05, 4.69) is 31.1 Å². The van der Waals surface area contributed by atoms with Gasteiger partial charge in [-0.05, 0) is 18.2 Å². The van der Waals surface area contributed by atoms with Crippen molar-refractivity contribution < 1.29 is 27.1 Å². The number of carbonyl (C=O) groups is 1. The summed E-state index contributed by atoms with van der Waals surface area (Å²) in [4.78, 5) is 23.5. The Balaban J connectivity index is 1.29. The molecule has 1 atom stereocenters. The van der Waals surface area contributed by atoms with Gasteiger partial charge in [-0.3, -0.25) is 10.2 Å². The van der Waals surface area contributed by atoms with Crippen LogP contribution < -0.4 is 16.0 Å². The van der Waals surface area contributed by atoms with E-state index >= 15 is 0 Å². The molecule has 0 unspecified atom stereocenters. The molecule has 12 nitrogen and oxygen atoms in total. The molecule has 2 aliphatic heterocycles. The standard InChI is InChI=1S/C30H26F3N9O3/c31-30(32,33)19-10-11-23(35-16-19)36-17-21(25(34)42-12-14-44-15-13-42)28-40-41-29(45-28)39-26-27(43)37-22-9-5-4-8-20(22)24(38-26)18-6-2-1-3-7-18/h1-11,16-17,26,34H,12-15H2,(H,35,36)(H,37,43)(H,39,41)/b21-17+,34-25?/t26-/m1/s1. The summed E-state index contributed by atoms with van der Waals surface area (Å²) in [5.41, 5.74) is 1.95. The number of alkyl halides is 3. The number of nitrogens with one attached hydrogen (secondary N) is 4. The average Bonchev–Trinajstić information content (AvgIpc) is 3.46. The van der Waals surface area contributed by atoms with Crippen LogP contribution in [0, 0.1) is 5.41 Å². The van der Waals surface area contributed by atoms with E-state index in [1.807, 2.05) is 48.5 Å². The number of amidine groups is 1. The number of pyridine rings is 1. The van der Waals surface area contributed by atoms with Crippen molar-refractivity contribution in [2.45, 2.75) is 12.3 Å². The van der Waals surface area contributed by atoms with Crippen molar-refractivity contribution in [1.29, 1.82) is 5.41 Å². The van der Waals surface area contributed by atoms with Crippen molar-refractivity contribution in [3.8, 4) is 0 Å². The smallest absolute Gasteiger partial charge is 0.403 e. The predicted molar refractivity (Wildman–Crippen MR) is 160 cm³/mol. The van der Waals surface area contributed by atoms with Crippen LogP contribution in [-0.2, 0) is 15.7 Å². The molecule has 4 heterocycles. The molecule has 0 saturated carbocycles. The maximum atomic E-state index is 13.2. The van der Waals surface area contributed by atoms with Gasteiger partial charge in [0, 0.05) is 36.6 Å². The lowest BCUT2D eigenvalue weighted by molar-refractivity contribution is -0.137. The number of ether oxygens (including phenoxy) is 1. The average molecular weight is 618 g/mol. The number of aromatic nitrogens is 3. The Labute approximate surface area is 254 Å². The Morgan fingerprint density at radius 2 is 1.78 bits per heavy atom. The Hall–Kier alpha value is -5.57. The van der Waals surface area contributed by atoms with Crippen molar-refractivity contribution in [1.82, 2.24) is 20.1 Å². The fourth-order valence-corrected chi connectivity index (χ4v) is 4.67. The number of amides is 1. The first-order chi connectivity index (χ1) is 21.8. The van der Waals surface area contributed by atoms with Crippen molar-refractivity contribution >= 4 is 40.5 Å². The van der Waals surface area contributed by atoms with Crippen LogP contribution in [0.5, 0.6) is 0 Å². The minimum atomic E-state index is -4.53. The third-order valence-corrected chi connectivity index (χ3v) is 6.95. The van der Waals surface area contributed by atoms with Crippen LogP contribution in [0.2, 0.25) is 0 Å². The molecule has 2 aromatic heterocycles. The minimum Gasteiger partial charge on any atom is -0.403 e. The third kappa shape index (κ3) is 6.67.